The van der Waals surface area contributed by atoms with Gasteiger partial charge in [0, 0.05) is 5.38 Å². The molecule has 0 saturated carbocycles. The van der Waals surface area contributed by atoms with E-state index < -0.39 is 15.7 Å². The summed E-state index contributed by atoms with van der Waals surface area (Å²) in [5.41, 5.74) is -0.0372. The predicted octanol–water partition coefficient (Wildman–Crippen LogP) is 2.72. The zero-order valence-corrected chi connectivity index (χ0v) is 8.79. The van der Waals surface area contributed by atoms with E-state index in [2.05, 4.69) is 20.9 Å². The summed E-state index contributed by atoms with van der Waals surface area (Å²) in [6.45, 7) is 1.31. The first kappa shape index (κ1) is 10.9. The molecule has 0 aliphatic rings. The van der Waals surface area contributed by atoms with Crippen molar-refractivity contribution >= 4 is 27.3 Å². The van der Waals surface area contributed by atoms with E-state index in [-0.39, 0.29) is 5.69 Å². The summed E-state index contributed by atoms with van der Waals surface area (Å²) < 4.78 is 34.6. The van der Waals surface area contributed by atoms with Crippen molar-refractivity contribution < 1.29 is 18.3 Å². The van der Waals surface area contributed by atoms with Crippen LogP contribution in [-0.2, 0) is 10.7 Å². The van der Waals surface area contributed by atoms with Gasteiger partial charge in [-0.25, -0.2) is 4.98 Å². The van der Waals surface area contributed by atoms with E-state index in [0.29, 0.717) is 11.3 Å². The van der Waals surface area contributed by atoms with Crippen molar-refractivity contribution in [3.8, 4) is 0 Å². The highest BCUT2D eigenvalue weighted by Gasteiger charge is 2.36. The van der Waals surface area contributed by atoms with Gasteiger partial charge in [0.1, 0.15) is 0 Å². The smallest absolute Gasteiger partial charge is 0.373 e. The summed E-state index contributed by atoms with van der Waals surface area (Å²) in [5, 5.41) is 9.47. The Kier molecular flexibility index (Phi) is 2.70. The molecule has 0 saturated heterocycles. The summed E-state index contributed by atoms with van der Waals surface area (Å²) in [5.74, 6) is 0. The first-order chi connectivity index (χ1) is 5.71. The fourth-order valence-electron chi connectivity index (χ4n) is 0.614. The maximum Gasteiger partial charge on any atom is 0.443 e. The first-order valence-corrected chi connectivity index (χ1v) is 4.83. The van der Waals surface area contributed by atoms with Gasteiger partial charge in [-0.15, -0.1) is 11.3 Å². The van der Waals surface area contributed by atoms with Gasteiger partial charge in [-0.1, -0.05) is 0 Å². The number of alkyl halides is 4. The minimum Gasteiger partial charge on any atom is -0.373 e. The number of halogens is 4. The third-order valence-corrected chi connectivity index (χ3v) is 2.51. The van der Waals surface area contributed by atoms with Gasteiger partial charge in [0.15, 0.2) is 9.52 Å². The second-order valence-corrected chi connectivity index (χ2v) is 4.89. The summed E-state index contributed by atoms with van der Waals surface area (Å²) in [4.78, 5) is 3.25. The Morgan fingerprint density at radius 3 is 2.31 bits per heavy atom. The zero-order valence-electron chi connectivity index (χ0n) is 6.39. The highest BCUT2D eigenvalue weighted by molar-refractivity contribution is 9.09. The third kappa shape index (κ3) is 2.65. The van der Waals surface area contributed by atoms with Gasteiger partial charge in [0.05, 0.1) is 5.69 Å². The number of aliphatic hydroxyl groups is 1. The molecule has 0 spiro atoms. The van der Waals surface area contributed by atoms with Crippen LogP contribution >= 0.6 is 27.3 Å². The molecule has 1 aromatic rings. The molecule has 74 valence electrons. The Hall–Kier alpha value is -0.140. The lowest BCUT2D eigenvalue weighted by atomic mass is 10.3. The standard InChI is InChI=1S/C6H5BrF3NOS/c1-5(7,12)3-2-13-4(11-3)6(8,9)10/h2,12H,1H3/t5-/m0/s1. The Labute approximate surface area is 84.5 Å². The molecular weight excluding hydrogens is 271 g/mol. The van der Waals surface area contributed by atoms with Crippen LogP contribution in [-0.4, -0.2) is 10.1 Å². The molecule has 1 atom stereocenters. The van der Waals surface area contributed by atoms with E-state index in [1.54, 1.807) is 0 Å². The molecule has 0 unspecified atom stereocenters. The molecule has 0 radical (unpaired) electrons. The molecule has 1 rings (SSSR count). The minimum absolute atomic E-state index is 0.0372. The molecule has 13 heavy (non-hydrogen) atoms. The zero-order chi connectivity index (χ0) is 10.3. The van der Waals surface area contributed by atoms with Crippen LogP contribution in [0.25, 0.3) is 0 Å². The van der Waals surface area contributed by atoms with Crippen molar-refractivity contribution in [1.29, 1.82) is 0 Å². The molecule has 1 heterocycles. The maximum atomic E-state index is 12.0. The van der Waals surface area contributed by atoms with Gasteiger partial charge in [-0.2, -0.15) is 13.2 Å². The molecule has 0 aromatic carbocycles. The van der Waals surface area contributed by atoms with Crippen LogP contribution in [0, 0.1) is 0 Å². The molecule has 0 amide bonds. The van der Waals surface area contributed by atoms with E-state index in [9.17, 15) is 18.3 Å². The van der Waals surface area contributed by atoms with Crippen molar-refractivity contribution in [3.05, 3.63) is 16.1 Å². The fraction of sp³-hybridized carbons (Fsp3) is 0.500. The summed E-state index contributed by atoms with van der Waals surface area (Å²) in [6.07, 6.45) is -4.44. The van der Waals surface area contributed by atoms with Crippen LogP contribution in [0.2, 0.25) is 0 Å². The SMILES string of the molecule is C[C@@](O)(Br)c1csc(C(F)(F)F)n1. The van der Waals surface area contributed by atoms with Crippen molar-refractivity contribution in [1.82, 2.24) is 4.98 Å². The Bertz CT molecular complexity index is 275. The van der Waals surface area contributed by atoms with E-state index in [1.165, 1.54) is 6.92 Å². The van der Waals surface area contributed by atoms with Crippen LogP contribution in [0.15, 0.2) is 5.38 Å². The largest absolute Gasteiger partial charge is 0.443 e. The number of hydrogen-bond acceptors (Lipinski definition) is 3. The molecule has 7 heteroatoms. The molecule has 0 aliphatic heterocycles. The number of thiazole rings is 1. The molecule has 0 bridgehead atoms. The highest BCUT2D eigenvalue weighted by atomic mass is 79.9. The summed E-state index contributed by atoms with van der Waals surface area (Å²) in [7, 11) is 0. The van der Waals surface area contributed by atoms with Gasteiger partial charge in [-0.3, -0.25) is 0 Å². The lowest BCUT2D eigenvalue weighted by Crippen LogP contribution is -2.13. The molecule has 1 aromatic heterocycles. The fourth-order valence-corrected chi connectivity index (χ4v) is 1.76. The average Bonchev–Trinajstić information content (AvgIpc) is 2.28. The van der Waals surface area contributed by atoms with E-state index in [4.69, 9.17) is 0 Å². The van der Waals surface area contributed by atoms with Crippen LogP contribution in [0.5, 0.6) is 0 Å². The molecule has 1 N–H and O–H groups in total. The number of nitrogens with zero attached hydrogens (tertiary/aromatic N) is 1. The molecular formula is C6H5BrF3NOS. The minimum atomic E-state index is -4.44. The van der Waals surface area contributed by atoms with Gasteiger partial charge < -0.3 is 5.11 Å². The first-order valence-electron chi connectivity index (χ1n) is 3.16. The highest BCUT2D eigenvalue weighted by Crippen LogP contribution is 2.35. The van der Waals surface area contributed by atoms with E-state index in [0.717, 1.165) is 5.38 Å². The lowest BCUT2D eigenvalue weighted by Gasteiger charge is -2.10. The van der Waals surface area contributed by atoms with Gasteiger partial charge in [0.25, 0.3) is 0 Å². The van der Waals surface area contributed by atoms with Crippen molar-refractivity contribution in [2.24, 2.45) is 0 Å². The Morgan fingerprint density at radius 2 is 2.08 bits per heavy atom. The topological polar surface area (TPSA) is 33.1 Å². The molecule has 0 aliphatic carbocycles. The lowest BCUT2D eigenvalue weighted by molar-refractivity contribution is -0.137. The van der Waals surface area contributed by atoms with Crippen molar-refractivity contribution in [3.63, 3.8) is 0 Å². The van der Waals surface area contributed by atoms with E-state index >= 15 is 0 Å². The summed E-state index contributed by atoms with van der Waals surface area (Å²) >= 11 is 3.26. The molecule has 2 nitrogen and oxygen atoms in total. The predicted molar refractivity (Wildman–Crippen MR) is 45.6 cm³/mol. The maximum absolute atomic E-state index is 12.0. The molecule has 0 fully saturated rings. The van der Waals surface area contributed by atoms with E-state index in [1.807, 2.05) is 0 Å². The second kappa shape index (κ2) is 3.21. The third-order valence-electron chi connectivity index (χ3n) is 1.21. The van der Waals surface area contributed by atoms with Crippen LogP contribution < -0.4 is 0 Å². The average molecular weight is 276 g/mol. The number of hydrogen-bond donors (Lipinski definition) is 1. The second-order valence-electron chi connectivity index (χ2n) is 2.49. The number of rotatable bonds is 1. The monoisotopic (exact) mass is 275 g/mol. The Morgan fingerprint density at radius 1 is 1.54 bits per heavy atom. The van der Waals surface area contributed by atoms with Gasteiger partial charge in [0.2, 0.25) is 0 Å². The van der Waals surface area contributed by atoms with Crippen molar-refractivity contribution in [2.45, 2.75) is 17.6 Å². The van der Waals surface area contributed by atoms with Crippen LogP contribution in [0.1, 0.15) is 17.6 Å². The quantitative estimate of drug-likeness (QED) is 0.800. The van der Waals surface area contributed by atoms with Crippen molar-refractivity contribution in [2.75, 3.05) is 0 Å². The van der Waals surface area contributed by atoms with Crippen LogP contribution in [0.3, 0.4) is 0 Å². The van der Waals surface area contributed by atoms with Crippen LogP contribution in [0.4, 0.5) is 13.2 Å². The number of aromatic nitrogens is 1. The van der Waals surface area contributed by atoms with Gasteiger partial charge in [-0.05, 0) is 22.9 Å². The Balaban J connectivity index is 3.01. The van der Waals surface area contributed by atoms with Gasteiger partial charge >= 0.3 is 6.18 Å². The normalized spacial score (nSPS) is 17.1. The summed E-state index contributed by atoms with van der Waals surface area (Å²) in [6, 6.07) is 0.